The van der Waals surface area contributed by atoms with Crippen LogP contribution in [0.25, 0.3) is 77.3 Å². The fraction of sp³-hybridized carbons (Fsp3) is 0.0769. The van der Waals surface area contributed by atoms with Gasteiger partial charge in [-0.15, -0.1) is 0 Å². The topological polar surface area (TPSA) is 26.3 Å². The Labute approximate surface area is 237 Å². The highest BCUT2D eigenvalue weighted by molar-refractivity contribution is 6.22. The summed E-state index contributed by atoms with van der Waals surface area (Å²) in [6, 6.07) is 43.3. The molecule has 6 aromatic carbocycles. The summed E-state index contributed by atoms with van der Waals surface area (Å²) in [5.74, 6) is 0. The molecule has 0 bridgehead atoms. The van der Waals surface area contributed by atoms with Crippen LogP contribution in [-0.4, -0.2) is 0 Å². The Hall–Kier alpha value is -5.08. The highest BCUT2D eigenvalue weighted by Gasteiger charge is 2.35. The quantitative estimate of drug-likeness (QED) is 0.224. The van der Waals surface area contributed by atoms with Crippen molar-refractivity contribution in [3.8, 4) is 33.4 Å². The van der Waals surface area contributed by atoms with Crippen LogP contribution in [-0.2, 0) is 5.41 Å². The molecule has 194 valence electrons. The average molecular weight is 527 g/mol. The second-order valence-corrected chi connectivity index (χ2v) is 11.7. The van der Waals surface area contributed by atoms with Gasteiger partial charge in [-0.3, -0.25) is 0 Å². The Morgan fingerprint density at radius 3 is 1.66 bits per heavy atom. The van der Waals surface area contributed by atoms with Gasteiger partial charge in [-0.2, -0.15) is 0 Å². The van der Waals surface area contributed by atoms with Gasteiger partial charge in [0.1, 0.15) is 22.3 Å². The molecule has 2 heterocycles. The molecule has 1 aliphatic carbocycles. The first-order valence-electron chi connectivity index (χ1n) is 14.2. The van der Waals surface area contributed by atoms with Gasteiger partial charge < -0.3 is 8.83 Å². The fourth-order valence-corrected chi connectivity index (χ4v) is 7.11. The zero-order valence-corrected chi connectivity index (χ0v) is 22.9. The van der Waals surface area contributed by atoms with Crippen molar-refractivity contribution in [2.24, 2.45) is 0 Å². The minimum Gasteiger partial charge on any atom is -0.455 e. The molecule has 0 saturated heterocycles. The molecule has 0 radical (unpaired) electrons. The van der Waals surface area contributed by atoms with E-state index < -0.39 is 0 Å². The summed E-state index contributed by atoms with van der Waals surface area (Å²) >= 11 is 0. The highest BCUT2D eigenvalue weighted by Crippen LogP contribution is 2.51. The van der Waals surface area contributed by atoms with E-state index in [1.807, 2.05) is 24.3 Å². The van der Waals surface area contributed by atoms with Crippen molar-refractivity contribution in [2.75, 3.05) is 0 Å². The molecule has 0 fully saturated rings. The van der Waals surface area contributed by atoms with Crippen LogP contribution >= 0.6 is 0 Å². The summed E-state index contributed by atoms with van der Waals surface area (Å²) in [6.45, 7) is 4.67. The summed E-state index contributed by atoms with van der Waals surface area (Å²) in [6.07, 6.45) is 0. The number of fused-ring (bicyclic) bond motifs is 9. The highest BCUT2D eigenvalue weighted by atomic mass is 16.3. The van der Waals surface area contributed by atoms with E-state index in [4.69, 9.17) is 8.83 Å². The number of furan rings is 2. The van der Waals surface area contributed by atoms with Crippen LogP contribution in [0.15, 0.2) is 130 Å². The Morgan fingerprint density at radius 1 is 0.439 bits per heavy atom. The van der Waals surface area contributed by atoms with Gasteiger partial charge in [0.05, 0.1) is 5.56 Å². The van der Waals surface area contributed by atoms with E-state index in [2.05, 4.69) is 111 Å². The van der Waals surface area contributed by atoms with Crippen LogP contribution in [0.3, 0.4) is 0 Å². The van der Waals surface area contributed by atoms with Crippen molar-refractivity contribution in [3.05, 3.63) is 132 Å². The normalized spacial score (nSPS) is 13.8. The van der Waals surface area contributed by atoms with Gasteiger partial charge in [0, 0.05) is 27.0 Å². The van der Waals surface area contributed by atoms with Gasteiger partial charge in [0.2, 0.25) is 0 Å². The third-order valence-electron chi connectivity index (χ3n) is 9.10. The Bertz CT molecular complexity index is 2260. The number of hydrogen-bond acceptors (Lipinski definition) is 2. The first-order chi connectivity index (χ1) is 20.1. The molecule has 2 heteroatoms. The third kappa shape index (κ3) is 3.02. The number of hydrogen-bond donors (Lipinski definition) is 0. The summed E-state index contributed by atoms with van der Waals surface area (Å²) in [7, 11) is 0. The van der Waals surface area contributed by atoms with E-state index in [-0.39, 0.29) is 5.41 Å². The van der Waals surface area contributed by atoms with Gasteiger partial charge in [-0.25, -0.2) is 0 Å². The Morgan fingerprint density at radius 2 is 0.976 bits per heavy atom. The number of rotatable bonds is 2. The Kier molecular flexibility index (Phi) is 4.42. The standard InChI is InChI=1S/C39H26O2/c1-39(2)32-16-8-5-12-25(32)26-20-19-23(21-33(26)39)24-11-3-4-15-29(24)36-37-30(27-13-6-9-17-34(27)40-37)22-31-28-14-7-10-18-35(28)41-38(31)36/h3-22H,1-2H3. The smallest absolute Gasteiger partial charge is 0.147 e. The maximum Gasteiger partial charge on any atom is 0.147 e. The number of para-hydroxylation sites is 2. The van der Waals surface area contributed by atoms with Gasteiger partial charge in [-0.05, 0) is 63.2 Å². The van der Waals surface area contributed by atoms with E-state index >= 15 is 0 Å². The van der Waals surface area contributed by atoms with E-state index in [1.165, 1.54) is 27.8 Å². The van der Waals surface area contributed by atoms with Crippen molar-refractivity contribution in [3.63, 3.8) is 0 Å². The number of benzene rings is 6. The molecule has 0 amide bonds. The van der Waals surface area contributed by atoms with Gasteiger partial charge in [0.25, 0.3) is 0 Å². The maximum absolute atomic E-state index is 6.62. The van der Waals surface area contributed by atoms with E-state index in [1.54, 1.807) is 0 Å². The summed E-state index contributed by atoms with van der Waals surface area (Å²) < 4.78 is 13.2. The Balaban J connectivity index is 1.37. The molecule has 9 rings (SSSR count). The molecular formula is C39H26O2. The predicted octanol–water partition coefficient (Wildman–Crippen LogP) is 11.1. The molecule has 0 atom stereocenters. The third-order valence-corrected chi connectivity index (χ3v) is 9.10. The van der Waals surface area contributed by atoms with Crippen LogP contribution in [0.1, 0.15) is 25.0 Å². The summed E-state index contributed by atoms with van der Waals surface area (Å²) in [5.41, 5.74) is 13.3. The molecular weight excluding hydrogens is 500 g/mol. The van der Waals surface area contributed by atoms with Crippen molar-refractivity contribution < 1.29 is 8.83 Å². The van der Waals surface area contributed by atoms with Gasteiger partial charge >= 0.3 is 0 Å². The van der Waals surface area contributed by atoms with Gasteiger partial charge in [-0.1, -0.05) is 111 Å². The van der Waals surface area contributed by atoms with E-state index in [0.717, 1.165) is 60.6 Å². The zero-order chi connectivity index (χ0) is 27.3. The molecule has 0 N–H and O–H groups in total. The van der Waals surface area contributed by atoms with E-state index in [0.29, 0.717) is 0 Å². The largest absolute Gasteiger partial charge is 0.455 e. The average Bonchev–Trinajstić information content (AvgIpc) is 3.64. The van der Waals surface area contributed by atoms with Crippen LogP contribution in [0.5, 0.6) is 0 Å². The molecule has 8 aromatic rings. The lowest BCUT2D eigenvalue weighted by Gasteiger charge is -2.22. The van der Waals surface area contributed by atoms with Crippen molar-refractivity contribution >= 4 is 43.9 Å². The lowest BCUT2D eigenvalue weighted by Crippen LogP contribution is -2.14. The van der Waals surface area contributed by atoms with Crippen molar-refractivity contribution in [1.82, 2.24) is 0 Å². The monoisotopic (exact) mass is 526 g/mol. The molecule has 1 aliphatic rings. The SMILES string of the molecule is CC1(C)c2ccccc2-c2ccc(-c3ccccc3-c3c4oc5ccccc5c4cc4c3oc3ccccc34)cc21. The molecule has 0 unspecified atom stereocenters. The van der Waals surface area contributed by atoms with Crippen LogP contribution < -0.4 is 0 Å². The van der Waals surface area contributed by atoms with E-state index in [9.17, 15) is 0 Å². The second-order valence-electron chi connectivity index (χ2n) is 11.7. The maximum atomic E-state index is 6.62. The molecule has 0 spiro atoms. The zero-order valence-electron chi connectivity index (χ0n) is 22.9. The second kappa shape index (κ2) is 7.99. The molecule has 2 aromatic heterocycles. The lowest BCUT2D eigenvalue weighted by molar-refractivity contribution is 0.658. The first kappa shape index (κ1) is 22.7. The predicted molar refractivity (Wildman–Crippen MR) is 169 cm³/mol. The first-order valence-corrected chi connectivity index (χ1v) is 14.2. The fourth-order valence-electron chi connectivity index (χ4n) is 7.11. The molecule has 2 nitrogen and oxygen atoms in total. The van der Waals surface area contributed by atoms with Crippen LogP contribution in [0.4, 0.5) is 0 Å². The lowest BCUT2D eigenvalue weighted by atomic mass is 9.81. The molecule has 41 heavy (non-hydrogen) atoms. The molecule has 0 saturated carbocycles. The minimum absolute atomic E-state index is 0.0678. The summed E-state index contributed by atoms with van der Waals surface area (Å²) in [5, 5.41) is 4.45. The van der Waals surface area contributed by atoms with Crippen molar-refractivity contribution in [2.45, 2.75) is 19.3 Å². The van der Waals surface area contributed by atoms with Gasteiger partial charge in [0.15, 0.2) is 0 Å². The molecule has 0 aliphatic heterocycles. The van der Waals surface area contributed by atoms with Crippen LogP contribution in [0.2, 0.25) is 0 Å². The minimum atomic E-state index is -0.0678. The summed E-state index contributed by atoms with van der Waals surface area (Å²) in [4.78, 5) is 0. The van der Waals surface area contributed by atoms with Crippen molar-refractivity contribution in [1.29, 1.82) is 0 Å². The van der Waals surface area contributed by atoms with Crippen LogP contribution in [0, 0.1) is 0 Å².